The second-order valence-corrected chi connectivity index (χ2v) is 6.31. The maximum absolute atomic E-state index is 10.3. The highest BCUT2D eigenvalue weighted by molar-refractivity contribution is 6.35. The van der Waals surface area contributed by atoms with Crippen LogP contribution in [0.3, 0.4) is 0 Å². The largest absolute Gasteiger partial charge is 0.507 e. The van der Waals surface area contributed by atoms with Gasteiger partial charge in [0, 0.05) is 15.6 Å². The van der Waals surface area contributed by atoms with Crippen LogP contribution in [-0.2, 0) is 0 Å². The van der Waals surface area contributed by atoms with Crippen molar-refractivity contribution in [2.45, 2.75) is 19.9 Å². The van der Waals surface area contributed by atoms with Crippen LogP contribution in [0.15, 0.2) is 36.4 Å². The number of aryl methyl sites for hydroxylation is 2. The zero-order valence-corrected chi connectivity index (χ0v) is 13.8. The van der Waals surface area contributed by atoms with Crippen molar-refractivity contribution >= 4 is 28.9 Å². The summed E-state index contributed by atoms with van der Waals surface area (Å²) in [5.74, 6) is 0.286. The number of benzene rings is 2. The summed E-state index contributed by atoms with van der Waals surface area (Å²) < 4.78 is 0. The molecule has 0 aliphatic carbocycles. The Balaban J connectivity index is 1.98. The third-order valence-electron chi connectivity index (χ3n) is 3.73. The molecule has 114 valence electrons. The second kappa shape index (κ2) is 5.84. The maximum atomic E-state index is 10.3. The Bertz CT molecular complexity index is 771. The standard InChI is InChI=1S/C17H16Cl2N2O/c1-9-5-10(2)17(22)13(6-9)16-8-15(20-21-16)12-4-3-11(18)7-14(12)19/h3-8,15,20-22H,1-2H3. The van der Waals surface area contributed by atoms with E-state index < -0.39 is 0 Å². The summed E-state index contributed by atoms with van der Waals surface area (Å²) in [4.78, 5) is 0. The quantitative estimate of drug-likeness (QED) is 0.757. The Kier molecular flexibility index (Phi) is 4.04. The molecule has 1 atom stereocenters. The summed E-state index contributed by atoms with van der Waals surface area (Å²) in [5.41, 5.74) is 10.8. The fourth-order valence-electron chi connectivity index (χ4n) is 2.65. The Morgan fingerprint density at radius 3 is 2.59 bits per heavy atom. The van der Waals surface area contributed by atoms with E-state index in [9.17, 15) is 5.11 Å². The zero-order chi connectivity index (χ0) is 15.9. The number of aromatic hydroxyl groups is 1. The number of nitrogens with one attached hydrogen (secondary N) is 2. The molecule has 3 nitrogen and oxygen atoms in total. The minimum atomic E-state index is -0.0833. The van der Waals surface area contributed by atoms with Gasteiger partial charge in [-0.1, -0.05) is 35.3 Å². The van der Waals surface area contributed by atoms with Gasteiger partial charge in [0.2, 0.25) is 0 Å². The van der Waals surface area contributed by atoms with Gasteiger partial charge in [-0.05, 0) is 54.8 Å². The van der Waals surface area contributed by atoms with Crippen molar-refractivity contribution in [3.05, 3.63) is 68.7 Å². The fraction of sp³-hybridized carbons (Fsp3) is 0.176. The molecule has 5 heteroatoms. The molecule has 0 bridgehead atoms. The topological polar surface area (TPSA) is 44.3 Å². The summed E-state index contributed by atoms with van der Waals surface area (Å²) in [6.45, 7) is 3.90. The number of hydrogen-bond donors (Lipinski definition) is 3. The average Bonchev–Trinajstić information content (AvgIpc) is 2.92. The molecule has 1 aliphatic heterocycles. The Morgan fingerprint density at radius 2 is 1.86 bits per heavy atom. The molecule has 2 aromatic rings. The third kappa shape index (κ3) is 2.80. The highest BCUT2D eigenvalue weighted by Crippen LogP contribution is 2.34. The Hall–Kier alpha value is -1.68. The number of halogens is 2. The molecule has 3 rings (SSSR count). The predicted octanol–water partition coefficient (Wildman–Crippen LogP) is 4.51. The molecule has 0 radical (unpaired) electrons. The first kappa shape index (κ1) is 15.2. The minimum absolute atomic E-state index is 0.0833. The normalized spacial score (nSPS) is 17.3. The molecule has 1 heterocycles. The molecule has 0 spiro atoms. The van der Waals surface area contributed by atoms with E-state index in [4.69, 9.17) is 23.2 Å². The molecule has 1 unspecified atom stereocenters. The van der Waals surface area contributed by atoms with Gasteiger partial charge in [0.05, 0.1) is 11.7 Å². The molecule has 0 saturated heterocycles. The maximum Gasteiger partial charge on any atom is 0.127 e. The lowest BCUT2D eigenvalue weighted by molar-refractivity contribution is 0.468. The van der Waals surface area contributed by atoms with E-state index in [2.05, 4.69) is 10.9 Å². The van der Waals surface area contributed by atoms with Crippen LogP contribution in [0.4, 0.5) is 0 Å². The molecular formula is C17H16Cl2N2O. The second-order valence-electron chi connectivity index (χ2n) is 5.47. The van der Waals surface area contributed by atoms with Crippen molar-refractivity contribution in [3.8, 4) is 5.75 Å². The van der Waals surface area contributed by atoms with E-state index in [1.165, 1.54) is 0 Å². The fourth-order valence-corrected chi connectivity index (χ4v) is 3.18. The van der Waals surface area contributed by atoms with Gasteiger partial charge < -0.3 is 10.5 Å². The molecule has 0 saturated carbocycles. The van der Waals surface area contributed by atoms with Gasteiger partial charge in [-0.3, -0.25) is 0 Å². The Labute approximate surface area is 139 Å². The summed E-state index contributed by atoms with van der Waals surface area (Å²) >= 11 is 12.2. The number of rotatable bonds is 2. The molecule has 3 N–H and O–H groups in total. The molecule has 0 aromatic heterocycles. The van der Waals surface area contributed by atoms with Gasteiger partial charge in [-0.2, -0.15) is 0 Å². The average molecular weight is 335 g/mol. The summed E-state index contributed by atoms with van der Waals surface area (Å²) in [6.07, 6.45) is 2.00. The lowest BCUT2D eigenvalue weighted by Crippen LogP contribution is -2.26. The first-order valence-corrected chi connectivity index (χ1v) is 7.70. The summed E-state index contributed by atoms with van der Waals surface area (Å²) in [5, 5.41) is 11.5. The summed E-state index contributed by atoms with van der Waals surface area (Å²) in [7, 11) is 0. The number of phenols is 1. The van der Waals surface area contributed by atoms with E-state index in [-0.39, 0.29) is 11.8 Å². The molecule has 22 heavy (non-hydrogen) atoms. The van der Waals surface area contributed by atoms with E-state index in [1.807, 2.05) is 44.2 Å². The van der Waals surface area contributed by atoms with Crippen LogP contribution >= 0.6 is 23.2 Å². The van der Waals surface area contributed by atoms with Crippen LogP contribution in [0.25, 0.3) is 5.70 Å². The van der Waals surface area contributed by atoms with Crippen molar-refractivity contribution in [1.82, 2.24) is 10.9 Å². The van der Waals surface area contributed by atoms with Crippen LogP contribution in [-0.4, -0.2) is 5.11 Å². The highest BCUT2D eigenvalue weighted by Gasteiger charge is 2.22. The molecule has 1 aliphatic rings. The van der Waals surface area contributed by atoms with Crippen LogP contribution < -0.4 is 10.9 Å². The van der Waals surface area contributed by atoms with E-state index in [0.29, 0.717) is 10.0 Å². The van der Waals surface area contributed by atoms with Gasteiger partial charge in [-0.25, -0.2) is 5.43 Å². The summed E-state index contributed by atoms with van der Waals surface area (Å²) in [6, 6.07) is 9.25. The molecule has 0 fully saturated rings. The minimum Gasteiger partial charge on any atom is -0.507 e. The zero-order valence-electron chi connectivity index (χ0n) is 12.2. The smallest absolute Gasteiger partial charge is 0.127 e. The Morgan fingerprint density at radius 1 is 1.09 bits per heavy atom. The van der Waals surface area contributed by atoms with Crippen molar-refractivity contribution in [1.29, 1.82) is 0 Å². The van der Waals surface area contributed by atoms with Crippen molar-refractivity contribution in [2.24, 2.45) is 0 Å². The monoisotopic (exact) mass is 334 g/mol. The SMILES string of the molecule is Cc1cc(C)c(O)c(C2=CC(c3ccc(Cl)cc3Cl)NN2)c1. The predicted molar refractivity (Wildman–Crippen MR) is 91.0 cm³/mol. The van der Waals surface area contributed by atoms with Crippen molar-refractivity contribution in [2.75, 3.05) is 0 Å². The van der Waals surface area contributed by atoms with E-state index in [1.54, 1.807) is 6.07 Å². The lowest BCUT2D eigenvalue weighted by Gasteiger charge is -2.12. The first-order valence-electron chi connectivity index (χ1n) is 6.94. The molecular weight excluding hydrogens is 319 g/mol. The number of phenolic OH excluding ortho intramolecular Hbond substituents is 1. The van der Waals surface area contributed by atoms with Gasteiger partial charge in [0.15, 0.2) is 0 Å². The van der Waals surface area contributed by atoms with Crippen LogP contribution in [0, 0.1) is 13.8 Å². The van der Waals surface area contributed by atoms with Crippen molar-refractivity contribution < 1.29 is 5.11 Å². The number of hydrazine groups is 1. The highest BCUT2D eigenvalue weighted by atomic mass is 35.5. The lowest BCUT2D eigenvalue weighted by atomic mass is 10.0. The van der Waals surface area contributed by atoms with E-state index in [0.717, 1.165) is 28.0 Å². The molecule has 0 amide bonds. The van der Waals surface area contributed by atoms with Gasteiger partial charge in [0.25, 0.3) is 0 Å². The van der Waals surface area contributed by atoms with Crippen LogP contribution in [0.5, 0.6) is 5.75 Å². The van der Waals surface area contributed by atoms with Gasteiger partial charge in [0.1, 0.15) is 5.75 Å². The van der Waals surface area contributed by atoms with Crippen LogP contribution in [0.1, 0.15) is 28.3 Å². The van der Waals surface area contributed by atoms with Gasteiger partial charge in [-0.15, -0.1) is 0 Å². The van der Waals surface area contributed by atoms with Crippen molar-refractivity contribution in [3.63, 3.8) is 0 Å². The molecule has 2 aromatic carbocycles. The van der Waals surface area contributed by atoms with Gasteiger partial charge >= 0.3 is 0 Å². The number of hydrogen-bond acceptors (Lipinski definition) is 3. The van der Waals surface area contributed by atoms with Crippen LogP contribution in [0.2, 0.25) is 10.0 Å². The third-order valence-corrected chi connectivity index (χ3v) is 4.29. The first-order chi connectivity index (χ1) is 10.5. The van der Waals surface area contributed by atoms with E-state index >= 15 is 0 Å².